The summed E-state index contributed by atoms with van der Waals surface area (Å²) < 4.78 is 3.30. The summed E-state index contributed by atoms with van der Waals surface area (Å²) in [7, 11) is 4.18. The Morgan fingerprint density at radius 2 is 2.43 bits per heavy atom. The summed E-state index contributed by atoms with van der Waals surface area (Å²) in [6, 6.07) is 0. The number of likely N-dealkylation sites (N-methyl/N-ethyl adjacent to an activating group) is 1. The van der Waals surface area contributed by atoms with E-state index in [1.165, 1.54) is 5.01 Å². The normalized spacial score (nSPS) is 13.4. The standard InChI is InChI=1S/C9H17N3S2/c1-4-11-14-8(7-12(2)3)9-10-5-6-13-9/h5-6,8,11H,4,7H2,1-3H3. The molecule has 1 N–H and O–H groups in total. The first-order valence-corrected chi connectivity index (χ1v) is 6.42. The van der Waals surface area contributed by atoms with E-state index in [9.17, 15) is 0 Å². The molecule has 1 heterocycles. The molecule has 0 spiro atoms. The van der Waals surface area contributed by atoms with Crippen LogP contribution in [0.5, 0.6) is 0 Å². The highest BCUT2D eigenvalue weighted by Gasteiger charge is 2.15. The van der Waals surface area contributed by atoms with Gasteiger partial charge in [-0.25, -0.2) is 4.98 Å². The van der Waals surface area contributed by atoms with Crippen molar-refractivity contribution < 1.29 is 0 Å². The molecule has 1 rings (SSSR count). The smallest absolute Gasteiger partial charge is 0.108 e. The molecule has 0 amide bonds. The van der Waals surface area contributed by atoms with Crippen LogP contribution >= 0.6 is 23.3 Å². The summed E-state index contributed by atoms with van der Waals surface area (Å²) in [5.41, 5.74) is 0. The van der Waals surface area contributed by atoms with Gasteiger partial charge in [-0.3, -0.25) is 4.72 Å². The van der Waals surface area contributed by atoms with Gasteiger partial charge in [0.15, 0.2) is 0 Å². The molecule has 0 bridgehead atoms. The highest BCUT2D eigenvalue weighted by atomic mass is 32.2. The van der Waals surface area contributed by atoms with Gasteiger partial charge in [0.1, 0.15) is 5.01 Å². The molecule has 0 aliphatic rings. The Labute approximate surface area is 94.0 Å². The second-order valence-corrected chi connectivity index (χ2v) is 5.26. The summed E-state index contributed by atoms with van der Waals surface area (Å²) in [5, 5.41) is 3.67. The lowest BCUT2D eigenvalue weighted by atomic mass is 10.4. The molecule has 5 heteroatoms. The van der Waals surface area contributed by atoms with E-state index in [-0.39, 0.29) is 0 Å². The number of thiazole rings is 1. The van der Waals surface area contributed by atoms with Crippen LogP contribution in [0.25, 0.3) is 0 Å². The van der Waals surface area contributed by atoms with Gasteiger partial charge in [-0.2, -0.15) is 0 Å². The van der Waals surface area contributed by atoms with E-state index < -0.39 is 0 Å². The maximum absolute atomic E-state index is 4.35. The molecule has 3 nitrogen and oxygen atoms in total. The second kappa shape index (κ2) is 6.40. The molecule has 0 fully saturated rings. The minimum Gasteiger partial charge on any atom is -0.308 e. The van der Waals surface area contributed by atoms with Crippen LogP contribution in [0, 0.1) is 0 Å². The van der Waals surface area contributed by atoms with E-state index in [4.69, 9.17) is 0 Å². The van der Waals surface area contributed by atoms with Crippen molar-refractivity contribution in [3.05, 3.63) is 16.6 Å². The highest BCUT2D eigenvalue weighted by Crippen LogP contribution is 2.28. The van der Waals surface area contributed by atoms with E-state index in [1.807, 2.05) is 11.6 Å². The van der Waals surface area contributed by atoms with Crippen molar-refractivity contribution in [2.75, 3.05) is 27.2 Å². The van der Waals surface area contributed by atoms with Crippen molar-refractivity contribution in [1.82, 2.24) is 14.6 Å². The van der Waals surface area contributed by atoms with Crippen molar-refractivity contribution >= 4 is 23.3 Å². The third-order valence-corrected chi connectivity index (χ3v) is 3.78. The van der Waals surface area contributed by atoms with Gasteiger partial charge >= 0.3 is 0 Å². The van der Waals surface area contributed by atoms with Crippen molar-refractivity contribution in [1.29, 1.82) is 0 Å². The van der Waals surface area contributed by atoms with Gasteiger partial charge in [-0.1, -0.05) is 18.9 Å². The van der Waals surface area contributed by atoms with E-state index in [1.54, 1.807) is 23.3 Å². The van der Waals surface area contributed by atoms with Gasteiger partial charge in [-0.15, -0.1) is 11.3 Å². The zero-order chi connectivity index (χ0) is 10.4. The number of rotatable bonds is 6. The maximum Gasteiger partial charge on any atom is 0.108 e. The molecule has 1 aromatic rings. The van der Waals surface area contributed by atoms with Crippen LogP contribution in [0.4, 0.5) is 0 Å². The van der Waals surface area contributed by atoms with Crippen molar-refractivity contribution in [3.8, 4) is 0 Å². The Morgan fingerprint density at radius 1 is 1.64 bits per heavy atom. The molecule has 14 heavy (non-hydrogen) atoms. The lowest BCUT2D eigenvalue weighted by Crippen LogP contribution is -2.20. The quantitative estimate of drug-likeness (QED) is 0.758. The summed E-state index contributed by atoms with van der Waals surface area (Å²) in [5.74, 6) is 0. The van der Waals surface area contributed by atoms with Crippen molar-refractivity contribution in [2.24, 2.45) is 0 Å². The van der Waals surface area contributed by atoms with Gasteiger partial charge in [-0.05, 0) is 14.1 Å². The lowest BCUT2D eigenvalue weighted by Gasteiger charge is -2.18. The Kier molecular flexibility index (Phi) is 5.47. The molecule has 0 saturated heterocycles. The van der Waals surface area contributed by atoms with Crippen LogP contribution in [0.1, 0.15) is 17.2 Å². The molecule has 0 aliphatic carbocycles. The first-order valence-electron chi connectivity index (χ1n) is 4.66. The minimum absolute atomic E-state index is 0.435. The molecule has 80 valence electrons. The van der Waals surface area contributed by atoms with Crippen LogP contribution in [0.2, 0.25) is 0 Å². The average Bonchev–Trinajstić information content (AvgIpc) is 2.64. The fourth-order valence-electron chi connectivity index (χ4n) is 1.07. The van der Waals surface area contributed by atoms with E-state index in [0.717, 1.165) is 13.1 Å². The average molecular weight is 231 g/mol. The Bertz CT molecular complexity index is 236. The van der Waals surface area contributed by atoms with E-state index >= 15 is 0 Å². The molecular weight excluding hydrogens is 214 g/mol. The van der Waals surface area contributed by atoms with Gasteiger partial charge in [0.25, 0.3) is 0 Å². The molecule has 0 aliphatic heterocycles. The minimum atomic E-state index is 0.435. The molecule has 0 saturated carbocycles. The lowest BCUT2D eigenvalue weighted by molar-refractivity contribution is 0.409. The molecule has 1 aromatic heterocycles. The topological polar surface area (TPSA) is 28.2 Å². The fraction of sp³-hybridized carbons (Fsp3) is 0.667. The zero-order valence-corrected chi connectivity index (χ0v) is 10.5. The number of hydrogen-bond donors (Lipinski definition) is 1. The molecular formula is C9H17N3S2. The number of nitrogens with zero attached hydrogens (tertiary/aromatic N) is 2. The largest absolute Gasteiger partial charge is 0.308 e. The fourth-order valence-corrected chi connectivity index (χ4v) is 2.90. The Hall–Kier alpha value is -0.100. The summed E-state index contributed by atoms with van der Waals surface area (Å²) in [6.07, 6.45) is 1.87. The van der Waals surface area contributed by atoms with Crippen LogP contribution in [-0.4, -0.2) is 37.1 Å². The monoisotopic (exact) mass is 231 g/mol. The predicted molar refractivity (Wildman–Crippen MR) is 64.7 cm³/mol. The van der Waals surface area contributed by atoms with Crippen LogP contribution in [-0.2, 0) is 0 Å². The third-order valence-electron chi connectivity index (χ3n) is 1.63. The van der Waals surface area contributed by atoms with Gasteiger partial charge in [0.2, 0.25) is 0 Å². The Morgan fingerprint density at radius 3 is 2.93 bits per heavy atom. The van der Waals surface area contributed by atoms with Gasteiger partial charge in [0, 0.05) is 24.7 Å². The van der Waals surface area contributed by atoms with Gasteiger partial charge < -0.3 is 4.90 Å². The molecule has 0 radical (unpaired) electrons. The van der Waals surface area contributed by atoms with Crippen LogP contribution in [0.3, 0.4) is 0 Å². The zero-order valence-electron chi connectivity index (χ0n) is 8.86. The van der Waals surface area contributed by atoms with Crippen LogP contribution in [0.15, 0.2) is 11.6 Å². The van der Waals surface area contributed by atoms with Gasteiger partial charge in [0.05, 0.1) is 5.25 Å². The molecule has 1 unspecified atom stereocenters. The first-order chi connectivity index (χ1) is 6.74. The third kappa shape index (κ3) is 3.96. The SMILES string of the molecule is CCNSC(CN(C)C)c1nccs1. The van der Waals surface area contributed by atoms with Crippen molar-refractivity contribution in [3.63, 3.8) is 0 Å². The molecule has 0 aromatic carbocycles. The van der Waals surface area contributed by atoms with E-state index in [0.29, 0.717) is 5.25 Å². The Balaban J connectivity index is 2.53. The number of aromatic nitrogens is 1. The van der Waals surface area contributed by atoms with Crippen LogP contribution < -0.4 is 4.72 Å². The number of hydrogen-bond acceptors (Lipinski definition) is 5. The highest BCUT2D eigenvalue weighted by molar-refractivity contribution is 7.97. The van der Waals surface area contributed by atoms with Crippen molar-refractivity contribution in [2.45, 2.75) is 12.2 Å². The second-order valence-electron chi connectivity index (χ2n) is 3.24. The first kappa shape index (κ1) is 12.0. The summed E-state index contributed by atoms with van der Waals surface area (Å²) in [6.45, 7) is 4.12. The molecule has 1 atom stereocenters. The number of nitrogens with one attached hydrogen (secondary N) is 1. The summed E-state index contributed by atoms with van der Waals surface area (Å²) >= 11 is 3.49. The summed E-state index contributed by atoms with van der Waals surface area (Å²) in [4.78, 5) is 6.54. The van der Waals surface area contributed by atoms with E-state index in [2.05, 4.69) is 35.6 Å². The predicted octanol–water partition coefficient (Wildman–Crippen LogP) is 2.00. The maximum atomic E-state index is 4.35.